The Labute approximate surface area is 162 Å². The van der Waals surface area contributed by atoms with Gasteiger partial charge in [-0.1, -0.05) is 26.0 Å². The summed E-state index contributed by atoms with van der Waals surface area (Å²) in [6.07, 6.45) is 2.48. The van der Waals surface area contributed by atoms with Crippen LogP contribution in [0, 0.1) is 0 Å². The van der Waals surface area contributed by atoms with Crippen LogP contribution in [0.1, 0.15) is 44.6 Å². The van der Waals surface area contributed by atoms with Gasteiger partial charge in [-0.25, -0.2) is 8.42 Å². The van der Waals surface area contributed by atoms with E-state index in [0.29, 0.717) is 37.0 Å². The summed E-state index contributed by atoms with van der Waals surface area (Å²) in [6, 6.07) is 7.17. The molecule has 6 nitrogen and oxygen atoms in total. The monoisotopic (exact) mass is 401 g/mol. The molecule has 2 fully saturated rings. The Morgan fingerprint density at radius 3 is 2.15 bits per heavy atom. The summed E-state index contributed by atoms with van der Waals surface area (Å²) in [5.74, 6) is 0.375. The van der Waals surface area contributed by atoms with E-state index in [-0.39, 0.29) is 18.3 Å². The number of amides is 1. The van der Waals surface area contributed by atoms with E-state index in [4.69, 9.17) is 5.73 Å². The van der Waals surface area contributed by atoms with Crippen molar-refractivity contribution in [3.05, 3.63) is 29.8 Å². The highest BCUT2D eigenvalue weighted by Crippen LogP contribution is 2.34. The van der Waals surface area contributed by atoms with Gasteiger partial charge in [0, 0.05) is 26.2 Å². The van der Waals surface area contributed by atoms with Crippen molar-refractivity contribution in [1.82, 2.24) is 9.21 Å². The van der Waals surface area contributed by atoms with Crippen LogP contribution in [0.25, 0.3) is 0 Å². The van der Waals surface area contributed by atoms with E-state index in [2.05, 4.69) is 13.8 Å². The second-order valence-electron chi connectivity index (χ2n) is 7.23. The third-order valence-corrected chi connectivity index (χ3v) is 7.35. The van der Waals surface area contributed by atoms with E-state index in [1.165, 1.54) is 4.31 Å². The molecule has 3 rings (SSSR count). The molecule has 1 saturated carbocycles. The molecule has 1 heterocycles. The van der Waals surface area contributed by atoms with E-state index >= 15 is 0 Å². The largest absolute Gasteiger partial charge is 0.338 e. The maximum absolute atomic E-state index is 12.8. The molecule has 1 aromatic carbocycles. The van der Waals surface area contributed by atoms with E-state index in [9.17, 15) is 13.2 Å². The number of hydrogen-bond donors (Lipinski definition) is 1. The van der Waals surface area contributed by atoms with Gasteiger partial charge in [-0.05, 0) is 42.9 Å². The fraction of sp³-hybridized carbons (Fsp3) is 0.611. The lowest BCUT2D eigenvalue weighted by atomic mass is 9.99. The van der Waals surface area contributed by atoms with Crippen molar-refractivity contribution in [2.75, 3.05) is 26.2 Å². The van der Waals surface area contributed by atoms with Gasteiger partial charge in [-0.15, -0.1) is 12.4 Å². The minimum atomic E-state index is -3.52. The molecule has 2 N–H and O–H groups in total. The molecule has 1 atom stereocenters. The molecule has 0 aromatic heterocycles. The molecule has 146 valence electrons. The van der Waals surface area contributed by atoms with Crippen LogP contribution in [0.5, 0.6) is 0 Å². The summed E-state index contributed by atoms with van der Waals surface area (Å²) in [6.45, 7) is 5.69. The highest BCUT2D eigenvalue weighted by molar-refractivity contribution is 7.89. The number of carbonyl (C=O) groups excluding carboxylic acids is 1. The Balaban J connectivity index is 0.00000243. The van der Waals surface area contributed by atoms with E-state index in [1.807, 2.05) is 12.1 Å². The third-order valence-electron chi connectivity index (χ3n) is 5.44. The van der Waals surface area contributed by atoms with Crippen molar-refractivity contribution >= 4 is 28.3 Å². The molecule has 0 bridgehead atoms. The van der Waals surface area contributed by atoms with Gasteiger partial charge in [0.15, 0.2) is 0 Å². The Kier molecular flexibility index (Phi) is 6.38. The minimum Gasteiger partial charge on any atom is -0.338 e. The fourth-order valence-corrected chi connectivity index (χ4v) is 4.57. The van der Waals surface area contributed by atoms with Crippen LogP contribution in [0.15, 0.2) is 29.2 Å². The lowest BCUT2D eigenvalue weighted by molar-refractivity contribution is -0.134. The van der Waals surface area contributed by atoms with Gasteiger partial charge in [0.1, 0.15) is 0 Å². The smallest absolute Gasteiger partial charge is 0.243 e. The van der Waals surface area contributed by atoms with Crippen LogP contribution in [0.3, 0.4) is 0 Å². The van der Waals surface area contributed by atoms with Crippen LogP contribution in [0.2, 0.25) is 0 Å². The molecule has 1 saturated heterocycles. The molecule has 0 radical (unpaired) electrons. The number of benzene rings is 1. The molecule has 0 spiro atoms. The van der Waals surface area contributed by atoms with Gasteiger partial charge in [-0.2, -0.15) is 4.31 Å². The minimum absolute atomic E-state index is 0. The van der Waals surface area contributed by atoms with Gasteiger partial charge >= 0.3 is 0 Å². The molecule has 1 aromatic rings. The molecular weight excluding hydrogens is 374 g/mol. The quantitative estimate of drug-likeness (QED) is 0.817. The van der Waals surface area contributed by atoms with Crippen molar-refractivity contribution < 1.29 is 13.2 Å². The maximum Gasteiger partial charge on any atom is 0.243 e. The van der Waals surface area contributed by atoms with Gasteiger partial charge in [0.25, 0.3) is 0 Å². The first-order valence-electron chi connectivity index (χ1n) is 8.96. The molecule has 26 heavy (non-hydrogen) atoms. The Bertz CT molecular complexity index is 739. The lowest BCUT2D eigenvalue weighted by Gasteiger charge is -2.35. The van der Waals surface area contributed by atoms with Gasteiger partial charge < -0.3 is 10.6 Å². The highest BCUT2D eigenvalue weighted by atomic mass is 35.5. The topological polar surface area (TPSA) is 83.7 Å². The molecule has 1 unspecified atom stereocenters. The highest BCUT2D eigenvalue weighted by Gasteiger charge is 2.48. The molecular formula is C18H28ClN3O3S. The fourth-order valence-electron chi connectivity index (χ4n) is 3.15. The van der Waals surface area contributed by atoms with Crippen LogP contribution in [-0.4, -0.2) is 55.2 Å². The van der Waals surface area contributed by atoms with Crippen LogP contribution >= 0.6 is 12.4 Å². The van der Waals surface area contributed by atoms with Crippen molar-refractivity contribution in [3.63, 3.8) is 0 Å². The maximum atomic E-state index is 12.8. The molecule has 2 aliphatic rings. The zero-order valence-corrected chi connectivity index (χ0v) is 17.0. The number of sulfonamides is 1. The van der Waals surface area contributed by atoms with Crippen molar-refractivity contribution in [2.24, 2.45) is 5.73 Å². The van der Waals surface area contributed by atoms with Gasteiger partial charge in [-0.3, -0.25) is 4.79 Å². The first-order chi connectivity index (χ1) is 11.8. The predicted octanol–water partition coefficient (Wildman–Crippen LogP) is 1.95. The van der Waals surface area contributed by atoms with Crippen molar-refractivity contribution in [2.45, 2.75) is 49.5 Å². The van der Waals surface area contributed by atoms with E-state index < -0.39 is 15.6 Å². The number of nitrogens with two attached hydrogens (primary N) is 1. The molecule has 1 amide bonds. The van der Waals surface area contributed by atoms with Gasteiger partial charge in [0.05, 0.1) is 10.4 Å². The molecule has 8 heteroatoms. The number of nitrogens with zero attached hydrogens (tertiary/aromatic N) is 2. The van der Waals surface area contributed by atoms with Crippen molar-refractivity contribution in [3.8, 4) is 0 Å². The normalized spacial score (nSPS) is 21.0. The van der Waals surface area contributed by atoms with Crippen LogP contribution in [-0.2, 0) is 14.8 Å². The number of carbonyl (C=O) groups is 1. The van der Waals surface area contributed by atoms with E-state index in [1.54, 1.807) is 17.0 Å². The standard InChI is InChI=1S/C18H27N3O3S.ClH/c1-3-14(2)15-4-6-16(7-5-15)25(23,24)21-12-10-20(11-13-21)17(22)18(19)8-9-18;/h4-7,14H,3,8-13,19H2,1-2H3;1H. The number of rotatable bonds is 5. The second kappa shape index (κ2) is 7.84. The number of hydrogen-bond acceptors (Lipinski definition) is 4. The summed E-state index contributed by atoms with van der Waals surface area (Å²) in [5.41, 5.74) is 6.42. The zero-order chi connectivity index (χ0) is 18.2. The average molecular weight is 402 g/mol. The van der Waals surface area contributed by atoms with Crippen LogP contribution in [0.4, 0.5) is 0 Å². The SMILES string of the molecule is CCC(C)c1ccc(S(=O)(=O)N2CCN(C(=O)C3(N)CC3)CC2)cc1.Cl. The number of piperazine rings is 1. The number of halogens is 1. The first kappa shape index (κ1) is 21.2. The Morgan fingerprint density at radius 2 is 1.69 bits per heavy atom. The average Bonchev–Trinajstić information content (AvgIpc) is 3.39. The summed E-state index contributed by atoms with van der Waals surface area (Å²) >= 11 is 0. The zero-order valence-electron chi connectivity index (χ0n) is 15.3. The Morgan fingerprint density at radius 1 is 1.15 bits per heavy atom. The lowest BCUT2D eigenvalue weighted by Crippen LogP contribution is -2.55. The summed E-state index contributed by atoms with van der Waals surface area (Å²) in [7, 11) is -3.52. The molecule has 1 aliphatic heterocycles. The predicted molar refractivity (Wildman–Crippen MR) is 104 cm³/mol. The first-order valence-corrected chi connectivity index (χ1v) is 10.4. The second-order valence-corrected chi connectivity index (χ2v) is 9.17. The summed E-state index contributed by atoms with van der Waals surface area (Å²) < 4.78 is 27.1. The van der Waals surface area contributed by atoms with Crippen LogP contribution < -0.4 is 5.73 Å². The van der Waals surface area contributed by atoms with Gasteiger partial charge in [0.2, 0.25) is 15.9 Å². The summed E-state index contributed by atoms with van der Waals surface area (Å²) in [5, 5.41) is 0. The molecule has 1 aliphatic carbocycles. The van der Waals surface area contributed by atoms with E-state index in [0.717, 1.165) is 24.8 Å². The third kappa shape index (κ3) is 4.06. The van der Waals surface area contributed by atoms with Crippen molar-refractivity contribution in [1.29, 1.82) is 0 Å². The Hall–Kier alpha value is -1.15. The summed E-state index contributed by atoms with van der Waals surface area (Å²) in [4.78, 5) is 14.3.